The molecule has 3 heteroatoms. The van der Waals surface area contributed by atoms with Crippen molar-refractivity contribution >= 4 is 0 Å². The Morgan fingerprint density at radius 3 is 2.44 bits per heavy atom. The number of benzene rings is 1. The van der Waals surface area contributed by atoms with Gasteiger partial charge in [-0.1, -0.05) is 32.0 Å². The van der Waals surface area contributed by atoms with Crippen LogP contribution < -0.4 is 5.32 Å². The molecule has 1 aromatic carbocycles. The maximum absolute atomic E-state index is 13.7. The first-order valence-electron chi connectivity index (χ1n) is 6.62. The van der Waals surface area contributed by atoms with Gasteiger partial charge in [0.15, 0.2) is 0 Å². The lowest BCUT2D eigenvalue weighted by molar-refractivity contribution is 0.00519. The summed E-state index contributed by atoms with van der Waals surface area (Å²) in [6, 6.07) is 7.06. The van der Waals surface area contributed by atoms with Gasteiger partial charge in [0.25, 0.3) is 0 Å². The summed E-state index contributed by atoms with van der Waals surface area (Å²) >= 11 is 0. The molecule has 0 saturated heterocycles. The van der Waals surface area contributed by atoms with Gasteiger partial charge in [0.1, 0.15) is 5.82 Å². The first-order valence-corrected chi connectivity index (χ1v) is 6.62. The van der Waals surface area contributed by atoms with Crippen LogP contribution in [0.15, 0.2) is 24.3 Å². The van der Waals surface area contributed by atoms with Gasteiger partial charge in [-0.25, -0.2) is 4.39 Å². The predicted octanol–water partition coefficient (Wildman–Crippen LogP) is 3.02. The minimum atomic E-state index is -0.142. The van der Waals surface area contributed by atoms with Crippen LogP contribution in [0, 0.1) is 11.7 Å². The molecule has 0 aromatic heterocycles. The number of hydrogen-bond acceptors (Lipinski definition) is 2. The molecule has 0 saturated carbocycles. The Morgan fingerprint density at radius 1 is 1.28 bits per heavy atom. The highest BCUT2D eigenvalue weighted by Crippen LogP contribution is 2.17. The molecule has 2 unspecified atom stereocenters. The SMILES string of the molecule is CCOC(C(C)C)C(Cc1ccccc1F)NC. The lowest BCUT2D eigenvalue weighted by atomic mass is 9.93. The van der Waals surface area contributed by atoms with Crippen LogP contribution in [-0.4, -0.2) is 25.8 Å². The molecule has 0 heterocycles. The molecule has 0 aliphatic carbocycles. The molecule has 102 valence electrons. The van der Waals surface area contributed by atoms with Crippen molar-refractivity contribution in [1.29, 1.82) is 0 Å². The van der Waals surface area contributed by atoms with Crippen LogP contribution >= 0.6 is 0 Å². The van der Waals surface area contributed by atoms with Gasteiger partial charge < -0.3 is 10.1 Å². The monoisotopic (exact) mass is 253 g/mol. The van der Waals surface area contributed by atoms with Gasteiger partial charge in [-0.3, -0.25) is 0 Å². The third kappa shape index (κ3) is 4.07. The van der Waals surface area contributed by atoms with Crippen molar-refractivity contribution in [2.24, 2.45) is 5.92 Å². The second kappa shape index (κ2) is 7.49. The predicted molar refractivity (Wildman–Crippen MR) is 73.2 cm³/mol. The largest absolute Gasteiger partial charge is 0.377 e. The minimum absolute atomic E-state index is 0.0969. The maximum atomic E-state index is 13.7. The zero-order valence-corrected chi connectivity index (χ0v) is 11.7. The molecule has 1 N–H and O–H groups in total. The molecule has 0 bridgehead atoms. The van der Waals surface area contributed by atoms with Gasteiger partial charge in [0.05, 0.1) is 6.10 Å². The molecule has 1 rings (SSSR count). The number of rotatable bonds is 7. The van der Waals surface area contributed by atoms with Crippen LogP contribution in [0.25, 0.3) is 0 Å². The first-order chi connectivity index (χ1) is 8.60. The Labute approximate surface area is 110 Å². The van der Waals surface area contributed by atoms with E-state index in [1.54, 1.807) is 6.07 Å². The van der Waals surface area contributed by atoms with Gasteiger partial charge in [-0.15, -0.1) is 0 Å². The van der Waals surface area contributed by atoms with Crippen LogP contribution in [0.5, 0.6) is 0 Å². The molecule has 2 atom stereocenters. The van der Waals surface area contributed by atoms with Crippen LogP contribution in [-0.2, 0) is 11.2 Å². The van der Waals surface area contributed by atoms with Gasteiger partial charge >= 0.3 is 0 Å². The average molecular weight is 253 g/mol. The summed E-state index contributed by atoms with van der Waals surface area (Å²) in [5.74, 6) is 0.255. The van der Waals surface area contributed by atoms with Crippen LogP contribution in [0.4, 0.5) is 4.39 Å². The molecule has 0 fully saturated rings. The van der Waals surface area contributed by atoms with Crippen molar-refractivity contribution in [2.45, 2.75) is 39.3 Å². The second-order valence-electron chi connectivity index (χ2n) is 4.85. The molecule has 0 amide bonds. The highest BCUT2D eigenvalue weighted by atomic mass is 19.1. The molecule has 0 aliphatic rings. The molecule has 0 aliphatic heterocycles. The number of ether oxygens (including phenoxy) is 1. The summed E-state index contributed by atoms with van der Waals surface area (Å²) < 4.78 is 19.5. The van der Waals surface area contributed by atoms with E-state index >= 15 is 0 Å². The molecule has 1 aromatic rings. The van der Waals surface area contributed by atoms with Crippen molar-refractivity contribution in [2.75, 3.05) is 13.7 Å². The summed E-state index contributed by atoms with van der Waals surface area (Å²) in [5.41, 5.74) is 0.738. The highest BCUT2D eigenvalue weighted by Gasteiger charge is 2.24. The summed E-state index contributed by atoms with van der Waals surface area (Å²) in [4.78, 5) is 0. The third-order valence-corrected chi connectivity index (χ3v) is 3.18. The fourth-order valence-electron chi connectivity index (χ4n) is 2.25. The van der Waals surface area contributed by atoms with Crippen molar-refractivity contribution in [3.05, 3.63) is 35.6 Å². The lowest BCUT2D eigenvalue weighted by Gasteiger charge is -2.30. The van der Waals surface area contributed by atoms with Gasteiger partial charge in [0.2, 0.25) is 0 Å². The fraction of sp³-hybridized carbons (Fsp3) is 0.600. The maximum Gasteiger partial charge on any atom is 0.126 e. The standard InChI is InChI=1S/C15H24FNO/c1-5-18-15(11(2)3)14(17-4)10-12-8-6-7-9-13(12)16/h6-9,11,14-15,17H,5,10H2,1-4H3. The Hall–Kier alpha value is -0.930. The summed E-state index contributed by atoms with van der Waals surface area (Å²) in [6.07, 6.45) is 0.742. The van der Waals surface area contributed by atoms with Crippen molar-refractivity contribution in [3.8, 4) is 0 Å². The molecular formula is C15H24FNO. The van der Waals surface area contributed by atoms with Crippen LogP contribution in [0.1, 0.15) is 26.3 Å². The van der Waals surface area contributed by atoms with Crippen LogP contribution in [0.2, 0.25) is 0 Å². The number of nitrogens with one attached hydrogen (secondary N) is 1. The van der Waals surface area contributed by atoms with E-state index in [-0.39, 0.29) is 18.0 Å². The van der Waals surface area contributed by atoms with Crippen LogP contribution in [0.3, 0.4) is 0 Å². The summed E-state index contributed by atoms with van der Waals surface area (Å²) in [5, 5.41) is 3.25. The molecule has 0 radical (unpaired) electrons. The zero-order chi connectivity index (χ0) is 13.5. The van der Waals surface area contributed by atoms with E-state index in [1.165, 1.54) is 6.07 Å². The van der Waals surface area contributed by atoms with E-state index in [9.17, 15) is 4.39 Å². The van der Waals surface area contributed by atoms with Crippen molar-refractivity contribution in [1.82, 2.24) is 5.32 Å². The van der Waals surface area contributed by atoms with E-state index in [0.717, 1.165) is 5.56 Å². The normalized spacial score (nSPS) is 14.8. The average Bonchev–Trinajstić information content (AvgIpc) is 2.35. The minimum Gasteiger partial charge on any atom is -0.377 e. The topological polar surface area (TPSA) is 21.3 Å². The Morgan fingerprint density at radius 2 is 1.94 bits per heavy atom. The first kappa shape index (κ1) is 15.1. The number of likely N-dealkylation sites (N-methyl/N-ethyl adjacent to an activating group) is 1. The summed E-state index contributed by atoms with van der Waals surface area (Å²) in [6.45, 7) is 6.93. The van der Waals surface area contributed by atoms with Gasteiger partial charge in [0, 0.05) is 12.6 Å². The molecular weight excluding hydrogens is 229 g/mol. The van der Waals surface area contributed by atoms with E-state index in [4.69, 9.17) is 4.74 Å². The van der Waals surface area contributed by atoms with E-state index < -0.39 is 0 Å². The Kier molecular flexibility index (Phi) is 6.30. The van der Waals surface area contributed by atoms with Gasteiger partial charge in [-0.2, -0.15) is 0 Å². The van der Waals surface area contributed by atoms with Gasteiger partial charge in [-0.05, 0) is 37.9 Å². The lowest BCUT2D eigenvalue weighted by Crippen LogP contribution is -2.44. The number of hydrogen-bond donors (Lipinski definition) is 1. The highest BCUT2D eigenvalue weighted by molar-refractivity contribution is 5.18. The third-order valence-electron chi connectivity index (χ3n) is 3.18. The molecule has 18 heavy (non-hydrogen) atoms. The number of halogens is 1. The molecule has 0 spiro atoms. The Bertz CT molecular complexity index is 354. The second-order valence-corrected chi connectivity index (χ2v) is 4.85. The van der Waals surface area contributed by atoms with E-state index in [1.807, 2.05) is 26.1 Å². The quantitative estimate of drug-likeness (QED) is 0.806. The Balaban J connectivity index is 2.79. The van der Waals surface area contributed by atoms with E-state index in [0.29, 0.717) is 18.9 Å². The summed E-state index contributed by atoms with van der Waals surface area (Å²) in [7, 11) is 1.90. The smallest absolute Gasteiger partial charge is 0.126 e. The van der Waals surface area contributed by atoms with Crippen molar-refractivity contribution < 1.29 is 9.13 Å². The zero-order valence-electron chi connectivity index (χ0n) is 11.7. The van der Waals surface area contributed by atoms with Crippen molar-refractivity contribution in [3.63, 3.8) is 0 Å². The molecule has 2 nitrogen and oxygen atoms in total. The fourth-order valence-corrected chi connectivity index (χ4v) is 2.25. The van der Waals surface area contributed by atoms with E-state index in [2.05, 4.69) is 19.2 Å².